The van der Waals surface area contributed by atoms with Gasteiger partial charge in [0, 0.05) is 18.0 Å². The van der Waals surface area contributed by atoms with Crippen molar-refractivity contribution in [2.24, 2.45) is 5.41 Å². The minimum atomic E-state index is -0.262. The molecule has 1 heterocycles. The topological polar surface area (TPSA) is 49.4 Å². The van der Waals surface area contributed by atoms with E-state index in [1.54, 1.807) is 4.90 Å². The van der Waals surface area contributed by atoms with Gasteiger partial charge in [-0.2, -0.15) is 0 Å². The van der Waals surface area contributed by atoms with Crippen LogP contribution in [-0.2, 0) is 4.79 Å². The molecule has 0 aromatic heterocycles. The van der Waals surface area contributed by atoms with E-state index < -0.39 is 0 Å². The smallest absolute Gasteiger partial charge is 0.318 e. The number of urea groups is 1. The summed E-state index contributed by atoms with van der Waals surface area (Å²) in [4.78, 5) is 25.7. The van der Waals surface area contributed by atoms with Crippen LogP contribution in [0.4, 0.5) is 4.79 Å². The van der Waals surface area contributed by atoms with Crippen LogP contribution in [0.5, 0.6) is 0 Å². The van der Waals surface area contributed by atoms with Gasteiger partial charge >= 0.3 is 6.03 Å². The molecule has 1 saturated heterocycles. The molecule has 0 atom stereocenters. The Morgan fingerprint density at radius 3 is 2.56 bits per heavy atom. The molecule has 1 aliphatic carbocycles. The predicted molar refractivity (Wildman–Crippen MR) is 70.4 cm³/mol. The van der Waals surface area contributed by atoms with E-state index in [4.69, 9.17) is 0 Å². The second kappa shape index (κ2) is 5.29. The van der Waals surface area contributed by atoms with Crippen molar-refractivity contribution in [1.29, 1.82) is 0 Å². The Labute approximate surface area is 109 Å². The molecule has 102 valence electrons. The van der Waals surface area contributed by atoms with Crippen LogP contribution in [0.15, 0.2) is 0 Å². The van der Waals surface area contributed by atoms with E-state index in [-0.39, 0.29) is 23.8 Å². The number of rotatable bonds is 1. The van der Waals surface area contributed by atoms with Gasteiger partial charge in [-0.15, -0.1) is 0 Å². The Bertz CT molecular complexity index is 333. The summed E-state index contributed by atoms with van der Waals surface area (Å²) in [5, 5.41) is 3.07. The highest BCUT2D eigenvalue weighted by atomic mass is 16.2. The summed E-state index contributed by atoms with van der Waals surface area (Å²) >= 11 is 0. The van der Waals surface area contributed by atoms with E-state index in [1.807, 2.05) is 13.8 Å². The molecule has 0 aromatic rings. The zero-order valence-corrected chi connectivity index (χ0v) is 11.5. The lowest BCUT2D eigenvalue weighted by atomic mass is 9.81. The first-order valence-corrected chi connectivity index (χ1v) is 7.08. The van der Waals surface area contributed by atoms with Crippen molar-refractivity contribution in [3.8, 4) is 0 Å². The van der Waals surface area contributed by atoms with Crippen LogP contribution in [-0.4, -0.2) is 35.8 Å². The number of Topliss-reactive ketones (excluding diaryl/α,β-unsaturated/α-hetero) is 1. The molecule has 0 spiro atoms. The summed E-state index contributed by atoms with van der Waals surface area (Å²) in [6.07, 6.45) is 6.62. The Hall–Kier alpha value is -1.06. The SMILES string of the molecule is CC1(C)CCN(C(=O)NC2CCCCC2)CC1=O. The number of likely N-dealkylation sites (tertiary alicyclic amines) is 1. The number of hydrogen-bond acceptors (Lipinski definition) is 2. The Morgan fingerprint density at radius 2 is 1.94 bits per heavy atom. The van der Waals surface area contributed by atoms with Crippen molar-refractivity contribution in [2.75, 3.05) is 13.1 Å². The number of carbonyl (C=O) groups excluding carboxylic acids is 2. The molecular formula is C14H24N2O2. The van der Waals surface area contributed by atoms with Gasteiger partial charge in [-0.05, 0) is 19.3 Å². The Balaban J connectivity index is 1.84. The molecule has 1 saturated carbocycles. The number of hydrogen-bond donors (Lipinski definition) is 1. The molecule has 2 rings (SSSR count). The predicted octanol–water partition coefficient (Wildman–Crippen LogP) is 2.33. The van der Waals surface area contributed by atoms with Gasteiger partial charge in [0.15, 0.2) is 5.78 Å². The number of amides is 2. The van der Waals surface area contributed by atoms with Crippen LogP contribution < -0.4 is 5.32 Å². The zero-order chi connectivity index (χ0) is 13.2. The third-order valence-corrected chi connectivity index (χ3v) is 4.32. The molecule has 1 N–H and O–H groups in total. The number of nitrogens with zero attached hydrogens (tertiary/aromatic N) is 1. The average Bonchev–Trinajstić information content (AvgIpc) is 2.34. The first kappa shape index (κ1) is 13.4. The maximum absolute atomic E-state index is 12.1. The summed E-state index contributed by atoms with van der Waals surface area (Å²) < 4.78 is 0. The summed E-state index contributed by atoms with van der Waals surface area (Å²) in [6.45, 7) is 4.89. The third-order valence-electron chi connectivity index (χ3n) is 4.32. The molecule has 0 unspecified atom stereocenters. The van der Waals surface area contributed by atoms with Crippen molar-refractivity contribution < 1.29 is 9.59 Å². The number of piperidine rings is 1. The van der Waals surface area contributed by atoms with Crippen molar-refractivity contribution in [2.45, 2.75) is 58.4 Å². The van der Waals surface area contributed by atoms with Crippen LogP contribution >= 0.6 is 0 Å². The van der Waals surface area contributed by atoms with E-state index in [0.717, 1.165) is 19.3 Å². The molecule has 2 fully saturated rings. The minimum Gasteiger partial charge on any atom is -0.335 e. The van der Waals surface area contributed by atoms with Crippen molar-refractivity contribution in [3.63, 3.8) is 0 Å². The molecule has 1 aliphatic heterocycles. The highest BCUT2D eigenvalue weighted by Gasteiger charge is 2.35. The maximum atomic E-state index is 12.1. The maximum Gasteiger partial charge on any atom is 0.318 e. The lowest BCUT2D eigenvalue weighted by Crippen LogP contribution is -2.53. The van der Waals surface area contributed by atoms with Gasteiger partial charge in [0.2, 0.25) is 0 Å². The van der Waals surface area contributed by atoms with Gasteiger partial charge in [-0.3, -0.25) is 4.79 Å². The van der Waals surface area contributed by atoms with Gasteiger partial charge < -0.3 is 10.2 Å². The number of ketones is 1. The van der Waals surface area contributed by atoms with Gasteiger partial charge in [0.1, 0.15) is 0 Å². The summed E-state index contributed by atoms with van der Waals surface area (Å²) in [5.74, 6) is 0.174. The molecule has 4 nitrogen and oxygen atoms in total. The van der Waals surface area contributed by atoms with Crippen LogP contribution in [0.1, 0.15) is 52.4 Å². The van der Waals surface area contributed by atoms with Crippen LogP contribution in [0.25, 0.3) is 0 Å². The van der Waals surface area contributed by atoms with Crippen LogP contribution in [0.3, 0.4) is 0 Å². The van der Waals surface area contributed by atoms with Gasteiger partial charge in [0.25, 0.3) is 0 Å². The number of carbonyl (C=O) groups is 2. The zero-order valence-electron chi connectivity index (χ0n) is 11.5. The van der Waals surface area contributed by atoms with Crippen molar-refractivity contribution in [3.05, 3.63) is 0 Å². The molecule has 0 radical (unpaired) electrons. The molecular weight excluding hydrogens is 228 g/mol. The van der Waals surface area contributed by atoms with Crippen LogP contribution in [0.2, 0.25) is 0 Å². The summed E-state index contributed by atoms with van der Waals surface area (Å²) in [7, 11) is 0. The second-order valence-electron chi connectivity index (χ2n) is 6.26. The van der Waals surface area contributed by atoms with Gasteiger partial charge in [-0.1, -0.05) is 33.1 Å². The molecule has 0 bridgehead atoms. The first-order chi connectivity index (χ1) is 8.49. The summed E-state index contributed by atoms with van der Waals surface area (Å²) in [6, 6.07) is 0.266. The normalized spacial score (nSPS) is 25.0. The molecule has 2 amide bonds. The van der Waals surface area contributed by atoms with Gasteiger partial charge in [-0.25, -0.2) is 4.79 Å². The Morgan fingerprint density at radius 1 is 1.28 bits per heavy atom. The second-order valence-corrected chi connectivity index (χ2v) is 6.26. The standard InChI is InChI=1S/C14H24N2O2/c1-14(2)8-9-16(10-12(14)17)13(18)15-11-6-4-3-5-7-11/h11H,3-10H2,1-2H3,(H,15,18). The van der Waals surface area contributed by atoms with E-state index in [2.05, 4.69) is 5.32 Å². The average molecular weight is 252 g/mol. The molecule has 0 aromatic carbocycles. The van der Waals surface area contributed by atoms with Crippen molar-refractivity contribution >= 4 is 11.8 Å². The fourth-order valence-corrected chi connectivity index (χ4v) is 2.71. The van der Waals surface area contributed by atoms with Gasteiger partial charge in [0.05, 0.1) is 6.54 Å². The van der Waals surface area contributed by atoms with E-state index in [9.17, 15) is 9.59 Å². The highest BCUT2D eigenvalue weighted by Crippen LogP contribution is 2.27. The van der Waals surface area contributed by atoms with Crippen LogP contribution in [0, 0.1) is 5.41 Å². The third kappa shape index (κ3) is 3.03. The monoisotopic (exact) mass is 252 g/mol. The first-order valence-electron chi connectivity index (χ1n) is 7.08. The molecule has 2 aliphatic rings. The minimum absolute atomic E-state index is 0.0502. The molecule has 18 heavy (non-hydrogen) atoms. The van der Waals surface area contributed by atoms with Crippen molar-refractivity contribution in [1.82, 2.24) is 10.2 Å². The fraction of sp³-hybridized carbons (Fsp3) is 0.857. The highest BCUT2D eigenvalue weighted by molar-refractivity contribution is 5.90. The quantitative estimate of drug-likeness (QED) is 0.778. The van der Waals surface area contributed by atoms with E-state index in [1.165, 1.54) is 19.3 Å². The largest absolute Gasteiger partial charge is 0.335 e. The fourth-order valence-electron chi connectivity index (χ4n) is 2.71. The van der Waals surface area contributed by atoms with E-state index >= 15 is 0 Å². The van der Waals surface area contributed by atoms with E-state index in [0.29, 0.717) is 12.6 Å². The molecule has 4 heteroatoms. The lowest BCUT2D eigenvalue weighted by Gasteiger charge is -2.36. The Kier molecular flexibility index (Phi) is 3.93. The number of nitrogens with one attached hydrogen (secondary N) is 1. The lowest BCUT2D eigenvalue weighted by molar-refractivity contribution is -0.130. The summed E-state index contributed by atoms with van der Waals surface area (Å²) in [5.41, 5.74) is -0.262.